The lowest BCUT2D eigenvalue weighted by molar-refractivity contribution is -0.137. The molecular weight excluding hydrogens is 289 g/mol. The Balaban J connectivity index is 3.19. The zero-order valence-corrected chi connectivity index (χ0v) is 11.4. The summed E-state index contributed by atoms with van der Waals surface area (Å²) in [6.07, 6.45) is -4.74. The number of aromatic carboxylic acids is 1. The van der Waals surface area contributed by atoms with Gasteiger partial charge >= 0.3 is 12.1 Å². The van der Waals surface area contributed by atoms with Crippen LogP contribution in [0.25, 0.3) is 0 Å². The Hall–Kier alpha value is -2.25. The highest BCUT2D eigenvalue weighted by Gasteiger charge is 2.32. The van der Waals surface area contributed by atoms with Gasteiger partial charge in [-0.15, -0.1) is 0 Å². The van der Waals surface area contributed by atoms with Crippen LogP contribution in [0.5, 0.6) is 0 Å². The number of carbonyl (C=O) groups is 2. The molecule has 4 N–H and O–H groups in total. The lowest BCUT2D eigenvalue weighted by Gasteiger charge is -2.27. The van der Waals surface area contributed by atoms with Gasteiger partial charge in [0.2, 0.25) is 5.91 Å². The van der Waals surface area contributed by atoms with Crippen LogP contribution in [-0.4, -0.2) is 22.5 Å². The second kappa shape index (κ2) is 5.63. The third-order valence-corrected chi connectivity index (χ3v) is 2.67. The number of anilines is 1. The first-order chi connectivity index (χ1) is 9.42. The molecule has 0 aromatic heterocycles. The third-order valence-electron chi connectivity index (χ3n) is 2.67. The largest absolute Gasteiger partial charge is 0.478 e. The minimum atomic E-state index is -4.63. The van der Waals surface area contributed by atoms with Crippen molar-refractivity contribution in [1.29, 1.82) is 0 Å². The summed E-state index contributed by atoms with van der Waals surface area (Å²) in [7, 11) is 0. The second-order valence-electron chi connectivity index (χ2n) is 5.22. The van der Waals surface area contributed by atoms with Crippen LogP contribution in [0.4, 0.5) is 18.9 Å². The molecule has 0 bridgehead atoms. The Morgan fingerprint density at radius 2 is 1.86 bits per heavy atom. The molecule has 0 atom stereocenters. The molecule has 0 aliphatic rings. The molecule has 1 rings (SSSR count). The van der Waals surface area contributed by atoms with E-state index in [1.165, 1.54) is 0 Å². The average Bonchev–Trinajstić information content (AvgIpc) is 2.24. The van der Waals surface area contributed by atoms with Gasteiger partial charge in [-0.3, -0.25) is 4.79 Å². The fourth-order valence-electron chi connectivity index (χ4n) is 1.85. The number of benzene rings is 1. The molecule has 0 aliphatic heterocycles. The molecule has 0 fully saturated rings. The van der Waals surface area contributed by atoms with E-state index in [0.717, 1.165) is 12.1 Å². The molecule has 5 nitrogen and oxygen atoms in total. The maximum atomic E-state index is 12.6. The predicted molar refractivity (Wildman–Crippen MR) is 69.9 cm³/mol. The number of amides is 1. The van der Waals surface area contributed by atoms with Crippen LogP contribution in [0.3, 0.4) is 0 Å². The summed E-state index contributed by atoms with van der Waals surface area (Å²) in [4.78, 5) is 22.0. The SMILES string of the molecule is CC(C)(CC(N)=O)Nc1ccc(C(F)(F)F)cc1C(=O)O. The summed E-state index contributed by atoms with van der Waals surface area (Å²) < 4.78 is 37.8. The Labute approximate surface area is 118 Å². The molecule has 0 aliphatic carbocycles. The molecule has 0 saturated heterocycles. The third kappa shape index (κ3) is 4.66. The average molecular weight is 304 g/mol. The van der Waals surface area contributed by atoms with Crippen LogP contribution < -0.4 is 11.1 Å². The van der Waals surface area contributed by atoms with E-state index in [0.29, 0.717) is 6.07 Å². The molecule has 1 aromatic rings. The van der Waals surface area contributed by atoms with Gasteiger partial charge in [-0.1, -0.05) is 0 Å². The quantitative estimate of drug-likeness (QED) is 0.779. The van der Waals surface area contributed by atoms with Crippen molar-refractivity contribution in [1.82, 2.24) is 0 Å². The van der Waals surface area contributed by atoms with E-state index in [-0.39, 0.29) is 12.1 Å². The molecule has 0 heterocycles. The molecule has 8 heteroatoms. The van der Waals surface area contributed by atoms with Gasteiger partial charge in [0.05, 0.1) is 11.1 Å². The molecule has 0 saturated carbocycles. The van der Waals surface area contributed by atoms with Crippen LogP contribution >= 0.6 is 0 Å². The molecule has 0 spiro atoms. The highest BCUT2D eigenvalue weighted by atomic mass is 19.4. The summed E-state index contributed by atoms with van der Waals surface area (Å²) in [6.45, 7) is 3.17. The van der Waals surface area contributed by atoms with Crippen molar-refractivity contribution >= 4 is 17.6 Å². The zero-order chi connectivity index (χ0) is 16.4. The number of primary amides is 1. The minimum absolute atomic E-state index is 0.0123. The fraction of sp³-hybridized carbons (Fsp3) is 0.385. The van der Waals surface area contributed by atoms with Gasteiger partial charge in [-0.05, 0) is 32.0 Å². The van der Waals surface area contributed by atoms with Gasteiger partial charge < -0.3 is 16.2 Å². The van der Waals surface area contributed by atoms with Gasteiger partial charge in [-0.2, -0.15) is 13.2 Å². The number of carbonyl (C=O) groups excluding carboxylic acids is 1. The summed E-state index contributed by atoms with van der Waals surface area (Å²) in [5, 5.41) is 11.8. The van der Waals surface area contributed by atoms with E-state index in [2.05, 4.69) is 5.32 Å². The zero-order valence-electron chi connectivity index (χ0n) is 11.4. The van der Waals surface area contributed by atoms with E-state index < -0.39 is 34.7 Å². The van der Waals surface area contributed by atoms with Crippen molar-refractivity contribution in [3.8, 4) is 0 Å². The number of hydrogen-bond acceptors (Lipinski definition) is 3. The summed E-state index contributed by atoms with van der Waals surface area (Å²) in [6, 6.07) is 2.34. The molecule has 0 radical (unpaired) electrons. The second-order valence-corrected chi connectivity index (χ2v) is 5.22. The Morgan fingerprint density at radius 1 is 1.29 bits per heavy atom. The van der Waals surface area contributed by atoms with Crippen molar-refractivity contribution in [2.75, 3.05) is 5.32 Å². The van der Waals surface area contributed by atoms with Gasteiger partial charge in [0.25, 0.3) is 0 Å². The molecule has 0 unspecified atom stereocenters. The van der Waals surface area contributed by atoms with E-state index in [1.54, 1.807) is 13.8 Å². The van der Waals surface area contributed by atoms with Gasteiger partial charge in [0, 0.05) is 17.6 Å². The Morgan fingerprint density at radius 3 is 2.29 bits per heavy atom. The van der Waals surface area contributed by atoms with Gasteiger partial charge in [0.15, 0.2) is 0 Å². The topological polar surface area (TPSA) is 92.4 Å². The van der Waals surface area contributed by atoms with Crippen LogP contribution in [-0.2, 0) is 11.0 Å². The van der Waals surface area contributed by atoms with Crippen LogP contribution in [0, 0.1) is 0 Å². The number of nitrogens with one attached hydrogen (secondary N) is 1. The van der Waals surface area contributed by atoms with Crippen LogP contribution in [0.15, 0.2) is 18.2 Å². The smallest absolute Gasteiger partial charge is 0.416 e. The fourth-order valence-corrected chi connectivity index (χ4v) is 1.85. The summed E-state index contributed by atoms with van der Waals surface area (Å²) >= 11 is 0. The summed E-state index contributed by atoms with van der Waals surface area (Å²) in [5.74, 6) is -2.12. The van der Waals surface area contributed by atoms with E-state index >= 15 is 0 Å². The van der Waals surface area contributed by atoms with Crippen molar-refractivity contribution in [2.24, 2.45) is 5.73 Å². The van der Waals surface area contributed by atoms with Crippen LogP contribution in [0.2, 0.25) is 0 Å². The lowest BCUT2D eigenvalue weighted by atomic mass is 9.98. The minimum Gasteiger partial charge on any atom is -0.478 e. The number of carboxylic acids is 1. The molecule has 21 heavy (non-hydrogen) atoms. The number of hydrogen-bond donors (Lipinski definition) is 3. The number of halogens is 3. The first kappa shape index (κ1) is 16.8. The van der Waals surface area contributed by atoms with Gasteiger partial charge in [0.1, 0.15) is 0 Å². The number of rotatable bonds is 5. The first-order valence-corrected chi connectivity index (χ1v) is 5.93. The molecular formula is C13H15F3N2O3. The van der Waals surface area contributed by atoms with Crippen molar-refractivity contribution in [3.05, 3.63) is 29.3 Å². The normalized spacial score (nSPS) is 12.0. The molecule has 1 amide bonds. The molecule has 116 valence electrons. The van der Waals surface area contributed by atoms with Crippen molar-refractivity contribution in [3.63, 3.8) is 0 Å². The standard InChI is InChI=1S/C13H15F3N2O3/c1-12(2,6-10(17)19)18-9-4-3-7(13(14,15)16)5-8(9)11(20)21/h3-5,18H,6H2,1-2H3,(H2,17,19)(H,20,21). The lowest BCUT2D eigenvalue weighted by Crippen LogP contribution is -2.36. The summed E-state index contributed by atoms with van der Waals surface area (Å²) in [5.41, 5.74) is 2.58. The molecule has 1 aromatic carbocycles. The number of carboxylic acid groups (broad SMARTS) is 1. The van der Waals surface area contributed by atoms with Crippen molar-refractivity contribution < 1.29 is 27.9 Å². The number of alkyl halides is 3. The van der Waals surface area contributed by atoms with E-state index in [9.17, 15) is 22.8 Å². The van der Waals surface area contributed by atoms with Crippen molar-refractivity contribution in [2.45, 2.75) is 32.0 Å². The van der Waals surface area contributed by atoms with Gasteiger partial charge in [-0.25, -0.2) is 4.79 Å². The first-order valence-electron chi connectivity index (χ1n) is 5.93. The maximum absolute atomic E-state index is 12.6. The van der Waals surface area contributed by atoms with E-state index in [1.807, 2.05) is 0 Å². The maximum Gasteiger partial charge on any atom is 0.416 e. The highest BCUT2D eigenvalue weighted by molar-refractivity contribution is 5.94. The van der Waals surface area contributed by atoms with E-state index in [4.69, 9.17) is 10.8 Å². The monoisotopic (exact) mass is 304 g/mol. The Bertz CT molecular complexity index is 568. The van der Waals surface area contributed by atoms with Crippen LogP contribution in [0.1, 0.15) is 36.2 Å². The predicted octanol–water partition coefficient (Wildman–Crippen LogP) is 2.47. The Kier molecular flexibility index (Phi) is 4.50. The highest BCUT2D eigenvalue weighted by Crippen LogP contribution is 2.32. The number of nitrogens with two attached hydrogens (primary N) is 1.